The van der Waals surface area contributed by atoms with Crippen molar-refractivity contribution in [1.82, 2.24) is 0 Å². The first-order valence-electron chi connectivity index (χ1n) is 3.75. The highest BCUT2D eigenvalue weighted by atomic mass is 16.5. The van der Waals surface area contributed by atoms with Gasteiger partial charge in [0, 0.05) is 12.7 Å². The Balaban J connectivity index is 0.00000144. The molecule has 0 spiro atoms. The van der Waals surface area contributed by atoms with Crippen molar-refractivity contribution in [1.29, 1.82) is 0 Å². The third-order valence-electron chi connectivity index (χ3n) is 1.85. The fourth-order valence-corrected chi connectivity index (χ4v) is 1.08. The molecule has 1 aromatic rings. The predicted molar refractivity (Wildman–Crippen MR) is 54.3 cm³/mol. The van der Waals surface area contributed by atoms with E-state index in [0.29, 0.717) is 0 Å². The van der Waals surface area contributed by atoms with Gasteiger partial charge in [-0.3, -0.25) is 0 Å². The Morgan fingerprint density at radius 2 is 2.25 bits per heavy atom. The van der Waals surface area contributed by atoms with Gasteiger partial charge in [-0.25, -0.2) is 0 Å². The number of aryl methyl sites for hydroxylation is 1. The molecule has 0 atom stereocenters. The SMILES string of the molecule is C=Cc1cc(OC)cc(C)c1N.[HH]. The fourth-order valence-electron chi connectivity index (χ4n) is 1.08. The molecular formula is C10H15NO. The average Bonchev–Trinajstić information content (AvgIpc) is 2.09. The summed E-state index contributed by atoms with van der Waals surface area (Å²) < 4.78 is 5.09. The normalized spacial score (nSPS) is 9.50. The van der Waals surface area contributed by atoms with Crippen LogP contribution in [0.2, 0.25) is 0 Å². The minimum absolute atomic E-state index is 0. The van der Waals surface area contributed by atoms with Crippen molar-refractivity contribution < 1.29 is 6.16 Å². The predicted octanol–water partition coefficient (Wildman–Crippen LogP) is 2.47. The van der Waals surface area contributed by atoms with Crippen LogP contribution in [0.4, 0.5) is 5.69 Å². The molecule has 0 heterocycles. The van der Waals surface area contributed by atoms with E-state index < -0.39 is 0 Å². The van der Waals surface area contributed by atoms with Crippen molar-refractivity contribution >= 4 is 11.8 Å². The van der Waals surface area contributed by atoms with Crippen molar-refractivity contribution in [3.63, 3.8) is 0 Å². The lowest BCUT2D eigenvalue weighted by Gasteiger charge is -2.07. The maximum absolute atomic E-state index is 5.79. The van der Waals surface area contributed by atoms with Crippen LogP contribution in [-0.2, 0) is 0 Å². The molecule has 0 bridgehead atoms. The summed E-state index contributed by atoms with van der Waals surface area (Å²) in [6.07, 6.45) is 1.73. The molecule has 0 aliphatic heterocycles. The van der Waals surface area contributed by atoms with E-state index in [1.165, 1.54) is 0 Å². The van der Waals surface area contributed by atoms with Crippen molar-refractivity contribution in [3.05, 3.63) is 29.8 Å². The number of hydrogen-bond donors (Lipinski definition) is 1. The molecule has 12 heavy (non-hydrogen) atoms. The second-order valence-corrected chi connectivity index (χ2v) is 2.65. The smallest absolute Gasteiger partial charge is 0.119 e. The topological polar surface area (TPSA) is 35.2 Å². The lowest BCUT2D eigenvalue weighted by Crippen LogP contribution is -1.94. The van der Waals surface area contributed by atoms with E-state index in [1.54, 1.807) is 13.2 Å². The van der Waals surface area contributed by atoms with E-state index in [1.807, 2.05) is 19.1 Å². The Bertz CT molecular complexity index is 310. The highest BCUT2D eigenvalue weighted by molar-refractivity contribution is 5.68. The second-order valence-electron chi connectivity index (χ2n) is 2.65. The summed E-state index contributed by atoms with van der Waals surface area (Å²) in [5.74, 6) is 0.816. The van der Waals surface area contributed by atoms with E-state index in [4.69, 9.17) is 10.5 Å². The highest BCUT2D eigenvalue weighted by Crippen LogP contribution is 2.24. The molecule has 2 nitrogen and oxygen atoms in total. The molecular weight excluding hydrogens is 150 g/mol. The second kappa shape index (κ2) is 3.30. The first kappa shape index (κ1) is 8.65. The zero-order valence-corrected chi connectivity index (χ0v) is 7.42. The van der Waals surface area contributed by atoms with E-state index in [-0.39, 0.29) is 1.43 Å². The van der Waals surface area contributed by atoms with E-state index in [0.717, 1.165) is 22.6 Å². The third kappa shape index (κ3) is 1.42. The molecule has 0 aliphatic rings. The Hall–Kier alpha value is -1.44. The molecule has 2 heteroatoms. The monoisotopic (exact) mass is 165 g/mol. The van der Waals surface area contributed by atoms with Crippen molar-refractivity contribution in [2.24, 2.45) is 0 Å². The van der Waals surface area contributed by atoms with Gasteiger partial charge in [-0.05, 0) is 24.6 Å². The summed E-state index contributed by atoms with van der Waals surface area (Å²) in [5, 5.41) is 0. The highest BCUT2D eigenvalue weighted by Gasteiger charge is 2.01. The van der Waals surface area contributed by atoms with Gasteiger partial charge in [0.2, 0.25) is 0 Å². The Labute approximate surface area is 74.1 Å². The molecule has 0 aromatic heterocycles. The van der Waals surface area contributed by atoms with E-state index in [9.17, 15) is 0 Å². The summed E-state index contributed by atoms with van der Waals surface area (Å²) in [6.45, 7) is 5.62. The lowest BCUT2D eigenvalue weighted by molar-refractivity contribution is 0.414. The van der Waals surface area contributed by atoms with Crippen molar-refractivity contribution in [3.8, 4) is 5.75 Å². The summed E-state index contributed by atoms with van der Waals surface area (Å²) >= 11 is 0. The van der Waals surface area contributed by atoms with Crippen LogP contribution >= 0.6 is 0 Å². The summed E-state index contributed by atoms with van der Waals surface area (Å²) in [7, 11) is 1.64. The number of nitrogens with two attached hydrogens (primary N) is 1. The van der Waals surface area contributed by atoms with Gasteiger partial charge >= 0.3 is 0 Å². The zero-order valence-electron chi connectivity index (χ0n) is 7.42. The van der Waals surface area contributed by atoms with Crippen LogP contribution in [0.15, 0.2) is 18.7 Å². The van der Waals surface area contributed by atoms with Gasteiger partial charge in [-0.1, -0.05) is 12.7 Å². The summed E-state index contributed by atoms with van der Waals surface area (Å²) in [5.41, 5.74) is 8.50. The standard InChI is InChI=1S/C10H13NO.H2/c1-4-8-6-9(12-3)5-7(2)10(8)11;/h4-6H,1,11H2,2-3H3;1H. The average molecular weight is 165 g/mol. The number of hydrogen-bond acceptors (Lipinski definition) is 2. The largest absolute Gasteiger partial charge is 0.497 e. The molecule has 66 valence electrons. The zero-order chi connectivity index (χ0) is 9.14. The first-order chi connectivity index (χ1) is 5.69. The van der Waals surface area contributed by atoms with Gasteiger partial charge in [-0.15, -0.1) is 0 Å². The molecule has 0 saturated carbocycles. The lowest BCUT2D eigenvalue weighted by atomic mass is 10.1. The van der Waals surface area contributed by atoms with Gasteiger partial charge in [0.25, 0.3) is 0 Å². The van der Waals surface area contributed by atoms with Crippen LogP contribution in [-0.4, -0.2) is 7.11 Å². The number of ether oxygens (including phenoxy) is 1. The quantitative estimate of drug-likeness (QED) is 0.683. The number of benzene rings is 1. The van der Waals surface area contributed by atoms with E-state index >= 15 is 0 Å². The van der Waals surface area contributed by atoms with Crippen LogP contribution in [0.25, 0.3) is 6.08 Å². The number of methoxy groups -OCH3 is 1. The number of anilines is 1. The van der Waals surface area contributed by atoms with Gasteiger partial charge in [0.05, 0.1) is 7.11 Å². The van der Waals surface area contributed by atoms with Gasteiger partial charge in [0.1, 0.15) is 5.75 Å². The molecule has 0 saturated heterocycles. The fraction of sp³-hybridized carbons (Fsp3) is 0.200. The Morgan fingerprint density at radius 1 is 1.58 bits per heavy atom. The van der Waals surface area contributed by atoms with Crippen molar-refractivity contribution in [2.75, 3.05) is 12.8 Å². The van der Waals surface area contributed by atoms with Gasteiger partial charge < -0.3 is 10.5 Å². The van der Waals surface area contributed by atoms with Crippen LogP contribution in [0, 0.1) is 6.92 Å². The maximum atomic E-state index is 5.79. The minimum Gasteiger partial charge on any atom is -0.497 e. The molecule has 2 N–H and O–H groups in total. The molecule has 0 fully saturated rings. The first-order valence-corrected chi connectivity index (χ1v) is 3.75. The number of rotatable bonds is 2. The molecule has 0 radical (unpaired) electrons. The molecule has 0 unspecified atom stereocenters. The molecule has 0 amide bonds. The summed E-state index contributed by atoms with van der Waals surface area (Å²) in [4.78, 5) is 0. The van der Waals surface area contributed by atoms with Crippen LogP contribution in [0.1, 0.15) is 12.6 Å². The summed E-state index contributed by atoms with van der Waals surface area (Å²) in [6, 6.07) is 3.78. The third-order valence-corrected chi connectivity index (χ3v) is 1.85. The number of nitrogen functional groups attached to an aromatic ring is 1. The Kier molecular flexibility index (Phi) is 2.38. The Morgan fingerprint density at radius 3 is 2.75 bits per heavy atom. The van der Waals surface area contributed by atoms with Crippen LogP contribution in [0.5, 0.6) is 5.75 Å². The van der Waals surface area contributed by atoms with Crippen LogP contribution < -0.4 is 10.5 Å². The van der Waals surface area contributed by atoms with Gasteiger partial charge in [0.15, 0.2) is 0 Å². The van der Waals surface area contributed by atoms with E-state index in [2.05, 4.69) is 6.58 Å². The molecule has 1 rings (SSSR count). The van der Waals surface area contributed by atoms with Crippen molar-refractivity contribution in [2.45, 2.75) is 6.92 Å². The van der Waals surface area contributed by atoms with Gasteiger partial charge in [-0.2, -0.15) is 0 Å². The molecule has 0 aliphatic carbocycles. The maximum Gasteiger partial charge on any atom is 0.119 e. The molecule has 1 aromatic carbocycles. The van der Waals surface area contributed by atoms with Crippen LogP contribution in [0.3, 0.4) is 0 Å². The minimum atomic E-state index is 0.